The van der Waals surface area contributed by atoms with Gasteiger partial charge in [0.1, 0.15) is 6.29 Å². The van der Waals surface area contributed by atoms with Crippen LogP contribution in [0.25, 0.3) is 0 Å². The molecular weight excluding hydrogens is 169 g/mol. The van der Waals surface area contributed by atoms with Gasteiger partial charge >= 0.3 is 0 Å². The molecule has 0 bridgehead atoms. The number of aldehydes is 1. The van der Waals surface area contributed by atoms with Gasteiger partial charge in [-0.05, 0) is 6.07 Å². The van der Waals surface area contributed by atoms with Gasteiger partial charge in [-0.2, -0.15) is 4.39 Å². The average molecular weight is 174 g/mol. The zero-order valence-electron chi connectivity index (χ0n) is 5.55. The summed E-state index contributed by atoms with van der Waals surface area (Å²) in [6, 6.07) is 1.39. The van der Waals surface area contributed by atoms with Gasteiger partial charge in [-0.25, -0.2) is 4.98 Å². The molecule has 1 aromatic rings. The number of aromatic nitrogens is 1. The van der Waals surface area contributed by atoms with Gasteiger partial charge in [0.25, 0.3) is 0 Å². The van der Waals surface area contributed by atoms with Crippen molar-refractivity contribution in [3.05, 3.63) is 28.8 Å². The van der Waals surface area contributed by atoms with Gasteiger partial charge in [0, 0.05) is 18.2 Å². The van der Waals surface area contributed by atoms with E-state index in [0.29, 0.717) is 11.3 Å². The summed E-state index contributed by atoms with van der Waals surface area (Å²) in [6.07, 6.45) is 1.82. The van der Waals surface area contributed by atoms with E-state index in [4.69, 9.17) is 11.6 Å². The normalized spacial score (nSPS) is 9.64. The second-order valence-electron chi connectivity index (χ2n) is 1.97. The van der Waals surface area contributed by atoms with Crippen LogP contribution in [0, 0.1) is 5.95 Å². The number of carbonyl (C=O) groups excluding carboxylic acids is 1. The molecule has 0 spiro atoms. The van der Waals surface area contributed by atoms with E-state index in [1.807, 2.05) is 0 Å². The van der Waals surface area contributed by atoms with E-state index in [1.54, 1.807) is 0 Å². The summed E-state index contributed by atoms with van der Waals surface area (Å²) in [4.78, 5) is 13.3. The van der Waals surface area contributed by atoms with Crippen molar-refractivity contribution in [3.8, 4) is 0 Å². The number of hydrogen-bond acceptors (Lipinski definition) is 2. The molecule has 0 unspecified atom stereocenters. The van der Waals surface area contributed by atoms with Gasteiger partial charge in [-0.15, -0.1) is 0 Å². The zero-order valence-corrected chi connectivity index (χ0v) is 6.31. The Hall–Kier alpha value is -0.960. The average Bonchev–Trinajstić information content (AvgIpc) is 1.98. The van der Waals surface area contributed by atoms with Crippen LogP contribution in [0.4, 0.5) is 4.39 Å². The summed E-state index contributed by atoms with van der Waals surface area (Å²) < 4.78 is 12.6. The van der Waals surface area contributed by atoms with E-state index in [2.05, 4.69) is 4.98 Å². The topological polar surface area (TPSA) is 30.0 Å². The molecule has 0 aliphatic carbocycles. The summed E-state index contributed by atoms with van der Waals surface area (Å²) in [7, 11) is 0. The Morgan fingerprint density at radius 2 is 2.45 bits per heavy atom. The summed E-state index contributed by atoms with van der Waals surface area (Å²) in [5.74, 6) is -0.637. The highest BCUT2D eigenvalue weighted by atomic mass is 35.5. The van der Waals surface area contributed by atoms with Crippen LogP contribution in [-0.4, -0.2) is 11.3 Å². The lowest BCUT2D eigenvalue weighted by Crippen LogP contribution is -1.94. The van der Waals surface area contributed by atoms with E-state index < -0.39 is 5.95 Å². The van der Waals surface area contributed by atoms with Gasteiger partial charge in [-0.1, -0.05) is 11.6 Å². The highest BCUT2D eigenvalue weighted by molar-refractivity contribution is 6.30. The van der Waals surface area contributed by atoms with Crippen LogP contribution < -0.4 is 0 Å². The van der Waals surface area contributed by atoms with E-state index in [9.17, 15) is 9.18 Å². The number of nitrogens with zero attached hydrogens (tertiary/aromatic N) is 1. The summed E-state index contributed by atoms with van der Waals surface area (Å²) in [5.41, 5.74) is 0.229. The van der Waals surface area contributed by atoms with E-state index in [1.165, 1.54) is 12.3 Å². The Morgan fingerprint density at radius 1 is 1.73 bits per heavy atom. The molecule has 0 fully saturated rings. The zero-order chi connectivity index (χ0) is 8.27. The molecule has 58 valence electrons. The predicted octanol–water partition coefficient (Wildman–Crippen LogP) is 1.62. The first-order chi connectivity index (χ1) is 5.24. The maximum atomic E-state index is 12.6. The van der Waals surface area contributed by atoms with Crippen molar-refractivity contribution in [1.29, 1.82) is 0 Å². The number of pyridine rings is 1. The fourth-order valence-corrected chi connectivity index (χ4v) is 0.878. The third-order valence-electron chi connectivity index (χ3n) is 1.18. The van der Waals surface area contributed by atoms with Gasteiger partial charge in [0.05, 0.1) is 5.02 Å². The van der Waals surface area contributed by atoms with E-state index in [-0.39, 0.29) is 12.0 Å². The molecule has 0 aliphatic heterocycles. The quantitative estimate of drug-likeness (QED) is 0.503. The molecule has 11 heavy (non-hydrogen) atoms. The Labute approximate surface area is 68.0 Å². The van der Waals surface area contributed by atoms with Crippen molar-refractivity contribution >= 4 is 17.9 Å². The number of rotatable bonds is 2. The molecule has 0 saturated carbocycles. The molecule has 0 aliphatic rings. The fraction of sp³-hybridized carbons (Fsp3) is 0.143. The first-order valence-electron chi connectivity index (χ1n) is 2.97. The highest BCUT2D eigenvalue weighted by Crippen LogP contribution is 2.11. The van der Waals surface area contributed by atoms with Crippen molar-refractivity contribution in [2.24, 2.45) is 0 Å². The van der Waals surface area contributed by atoms with Crippen molar-refractivity contribution in [1.82, 2.24) is 4.98 Å². The van der Waals surface area contributed by atoms with E-state index >= 15 is 0 Å². The van der Waals surface area contributed by atoms with Gasteiger partial charge in [0.15, 0.2) is 0 Å². The van der Waals surface area contributed by atoms with Crippen molar-refractivity contribution < 1.29 is 9.18 Å². The van der Waals surface area contributed by atoms with E-state index in [0.717, 1.165) is 0 Å². The fourth-order valence-electron chi connectivity index (χ4n) is 0.697. The molecular formula is C7H5ClFNO. The second kappa shape index (κ2) is 3.44. The van der Waals surface area contributed by atoms with Gasteiger partial charge < -0.3 is 4.79 Å². The summed E-state index contributed by atoms with van der Waals surface area (Å²) >= 11 is 5.51. The first-order valence-corrected chi connectivity index (χ1v) is 3.35. The molecule has 0 aromatic carbocycles. The van der Waals surface area contributed by atoms with Crippen LogP contribution >= 0.6 is 11.6 Å². The molecule has 1 heterocycles. The Bertz CT molecular complexity index is 277. The maximum absolute atomic E-state index is 12.6. The van der Waals surface area contributed by atoms with Crippen LogP contribution in [0.2, 0.25) is 5.02 Å². The van der Waals surface area contributed by atoms with Crippen LogP contribution in [0.3, 0.4) is 0 Å². The lowest BCUT2D eigenvalue weighted by atomic mass is 10.2. The first kappa shape index (κ1) is 8.14. The molecule has 0 saturated heterocycles. The minimum atomic E-state index is -0.637. The number of halogens is 2. The SMILES string of the molecule is O=CCc1cc(Cl)cnc1F. The third-order valence-corrected chi connectivity index (χ3v) is 1.39. The van der Waals surface area contributed by atoms with Crippen molar-refractivity contribution in [2.75, 3.05) is 0 Å². The molecule has 0 N–H and O–H groups in total. The standard InChI is InChI=1S/C7H5ClFNO/c8-6-3-5(1-2-11)7(9)10-4-6/h2-4H,1H2. The number of hydrogen-bond donors (Lipinski definition) is 0. The van der Waals surface area contributed by atoms with Crippen molar-refractivity contribution in [2.45, 2.75) is 6.42 Å². The molecule has 1 aromatic heterocycles. The molecule has 0 radical (unpaired) electrons. The minimum Gasteiger partial charge on any atom is -0.303 e. The third kappa shape index (κ3) is 1.98. The molecule has 1 rings (SSSR count). The molecule has 4 heteroatoms. The van der Waals surface area contributed by atoms with Crippen LogP contribution in [0.15, 0.2) is 12.3 Å². The predicted molar refractivity (Wildman–Crippen MR) is 39.0 cm³/mol. The molecule has 2 nitrogen and oxygen atoms in total. The van der Waals surface area contributed by atoms with Gasteiger partial charge in [-0.3, -0.25) is 0 Å². The highest BCUT2D eigenvalue weighted by Gasteiger charge is 2.02. The summed E-state index contributed by atoms with van der Waals surface area (Å²) in [5, 5.41) is 0.336. The Kier molecular flexibility index (Phi) is 2.54. The Balaban J connectivity index is 3.01. The van der Waals surface area contributed by atoms with Gasteiger partial charge in [0.2, 0.25) is 5.95 Å². The second-order valence-corrected chi connectivity index (χ2v) is 2.41. The minimum absolute atomic E-state index is 0.0133. The smallest absolute Gasteiger partial charge is 0.216 e. The van der Waals surface area contributed by atoms with Crippen LogP contribution in [0.5, 0.6) is 0 Å². The monoisotopic (exact) mass is 173 g/mol. The maximum Gasteiger partial charge on any atom is 0.216 e. The Morgan fingerprint density at radius 3 is 3.09 bits per heavy atom. The van der Waals surface area contributed by atoms with Crippen molar-refractivity contribution in [3.63, 3.8) is 0 Å². The molecule has 0 amide bonds. The van der Waals surface area contributed by atoms with Crippen LogP contribution in [-0.2, 0) is 11.2 Å². The summed E-state index contributed by atoms with van der Waals surface area (Å²) in [6.45, 7) is 0. The molecule has 0 atom stereocenters. The largest absolute Gasteiger partial charge is 0.303 e. The number of carbonyl (C=O) groups is 1. The van der Waals surface area contributed by atoms with Crippen LogP contribution in [0.1, 0.15) is 5.56 Å². The lowest BCUT2D eigenvalue weighted by Gasteiger charge is -1.96. The lowest BCUT2D eigenvalue weighted by molar-refractivity contribution is -0.107.